The second kappa shape index (κ2) is 8.16. The molecule has 1 aromatic heterocycles. The average Bonchev–Trinajstić information content (AvgIpc) is 3.13. The highest BCUT2D eigenvalue weighted by Crippen LogP contribution is 2.16. The zero-order chi connectivity index (χ0) is 17.5. The monoisotopic (exact) mass is 396 g/mol. The number of benzene rings is 2. The molecule has 0 atom stereocenters. The largest absolute Gasteiger partial charge is 0.412 e. The summed E-state index contributed by atoms with van der Waals surface area (Å²) in [6.07, 6.45) is 3.34. The first-order valence-electron chi connectivity index (χ1n) is 7.37. The number of hydrogen-bond donors (Lipinski definition) is 1. The van der Waals surface area contributed by atoms with Crippen LogP contribution < -0.4 is 5.43 Å². The topological polar surface area (TPSA) is 80.4 Å². The summed E-state index contributed by atoms with van der Waals surface area (Å²) in [6, 6.07) is 18.9. The Morgan fingerprint density at radius 1 is 1.04 bits per heavy atom. The van der Waals surface area contributed by atoms with Gasteiger partial charge in [-0.3, -0.25) is 4.79 Å². The number of aromatic nitrogens is 2. The fraction of sp³-hybridized carbons (Fsp3) is 0. The fourth-order valence-electron chi connectivity index (χ4n) is 1.96. The number of nitrogens with zero attached hydrogens (tertiary/aromatic N) is 3. The van der Waals surface area contributed by atoms with Crippen LogP contribution >= 0.6 is 15.9 Å². The van der Waals surface area contributed by atoms with Gasteiger partial charge in [0.25, 0.3) is 0 Å². The summed E-state index contributed by atoms with van der Waals surface area (Å²) < 4.78 is 6.05. The number of hydrogen-bond acceptors (Lipinski definition) is 5. The zero-order valence-electron chi connectivity index (χ0n) is 13.0. The summed E-state index contributed by atoms with van der Waals surface area (Å²) >= 11 is 3.36. The minimum atomic E-state index is -0.578. The molecule has 0 bridgehead atoms. The van der Waals surface area contributed by atoms with E-state index in [4.69, 9.17) is 4.42 Å². The van der Waals surface area contributed by atoms with Crippen LogP contribution in [0, 0.1) is 0 Å². The van der Waals surface area contributed by atoms with Crippen LogP contribution in [0.4, 0.5) is 0 Å². The van der Waals surface area contributed by atoms with Gasteiger partial charge in [-0.05, 0) is 39.7 Å². The number of halogens is 1. The average molecular weight is 397 g/mol. The van der Waals surface area contributed by atoms with Gasteiger partial charge in [-0.25, -0.2) is 5.43 Å². The van der Waals surface area contributed by atoms with Crippen molar-refractivity contribution in [3.63, 3.8) is 0 Å². The van der Waals surface area contributed by atoms with Crippen molar-refractivity contribution in [1.29, 1.82) is 0 Å². The number of hydrazone groups is 1. The Balaban J connectivity index is 1.61. The lowest BCUT2D eigenvalue weighted by molar-refractivity contribution is 0.0921. The summed E-state index contributed by atoms with van der Waals surface area (Å²) in [5, 5.41) is 11.4. The lowest BCUT2D eigenvalue weighted by atomic mass is 10.2. The number of carbonyl (C=O) groups is 1. The highest BCUT2D eigenvalue weighted by Gasteiger charge is 2.14. The van der Waals surface area contributed by atoms with E-state index in [1.54, 1.807) is 0 Å². The van der Waals surface area contributed by atoms with E-state index in [-0.39, 0.29) is 11.8 Å². The number of carbonyl (C=O) groups excluding carboxylic acids is 1. The summed E-state index contributed by atoms with van der Waals surface area (Å²) in [5.41, 5.74) is 4.10. The minimum Gasteiger partial charge on any atom is -0.412 e. The number of rotatable bonds is 5. The van der Waals surface area contributed by atoms with Crippen molar-refractivity contribution in [3.8, 4) is 11.5 Å². The van der Waals surface area contributed by atoms with Gasteiger partial charge in [0.2, 0.25) is 5.89 Å². The van der Waals surface area contributed by atoms with Gasteiger partial charge >= 0.3 is 11.8 Å². The molecule has 1 amide bonds. The van der Waals surface area contributed by atoms with E-state index in [1.807, 2.05) is 66.7 Å². The molecule has 0 aliphatic carbocycles. The molecule has 0 saturated carbocycles. The van der Waals surface area contributed by atoms with E-state index in [9.17, 15) is 4.79 Å². The quantitative estimate of drug-likeness (QED) is 0.523. The first kappa shape index (κ1) is 16.8. The van der Waals surface area contributed by atoms with Crippen LogP contribution in [0.25, 0.3) is 17.5 Å². The van der Waals surface area contributed by atoms with Gasteiger partial charge in [0.05, 0.1) is 6.21 Å². The number of amides is 1. The second-order valence-corrected chi connectivity index (χ2v) is 5.83. The van der Waals surface area contributed by atoms with Gasteiger partial charge in [-0.15, -0.1) is 10.2 Å². The Morgan fingerprint density at radius 2 is 1.72 bits per heavy atom. The van der Waals surface area contributed by atoms with Crippen LogP contribution in [0.1, 0.15) is 16.2 Å². The van der Waals surface area contributed by atoms with Crippen LogP contribution in [-0.2, 0) is 0 Å². The van der Waals surface area contributed by atoms with E-state index < -0.39 is 5.91 Å². The molecule has 6 nitrogen and oxygen atoms in total. The maximum Gasteiger partial charge on any atom is 0.328 e. The Labute approximate surface area is 152 Å². The van der Waals surface area contributed by atoms with Crippen LogP contribution in [0.5, 0.6) is 0 Å². The third-order valence-corrected chi connectivity index (χ3v) is 3.53. The number of allylic oxidation sites excluding steroid dienone is 1. The Hall–Kier alpha value is -3.06. The van der Waals surface area contributed by atoms with Crippen molar-refractivity contribution < 1.29 is 9.21 Å². The van der Waals surface area contributed by atoms with Gasteiger partial charge in [0, 0.05) is 10.0 Å². The van der Waals surface area contributed by atoms with Gasteiger partial charge in [0.1, 0.15) is 0 Å². The number of nitrogens with one attached hydrogen (secondary N) is 1. The third kappa shape index (κ3) is 4.71. The maximum absolute atomic E-state index is 12.0. The molecule has 0 fully saturated rings. The lowest BCUT2D eigenvalue weighted by Crippen LogP contribution is -2.17. The van der Waals surface area contributed by atoms with Gasteiger partial charge < -0.3 is 4.42 Å². The molecule has 0 aliphatic heterocycles. The molecule has 3 aromatic rings. The first-order valence-corrected chi connectivity index (χ1v) is 8.16. The fourth-order valence-corrected chi connectivity index (χ4v) is 2.33. The lowest BCUT2D eigenvalue weighted by Gasteiger charge is -1.95. The Bertz CT molecular complexity index is 905. The molecule has 0 radical (unpaired) electrons. The van der Waals surface area contributed by atoms with Crippen molar-refractivity contribution in [2.75, 3.05) is 0 Å². The summed E-state index contributed by atoms with van der Waals surface area (Å²) in [5.74, 6) is -0.454. The molecule has 25 heavy (non-hydrogen) atoms. The summed E-state index contributed by atoms with van der Waals surface area (Å²) in [6.45, 7) is 0. The standard InChI is InChI=1S/C18H13BrN4O2/c19-15(11-13-7-3-1-4-8-13)12-20-21-16(24)18-23-22-17(25-18)14-9-5-2-6-10-14/h1-12H,(H,21,24)/b15-11+,20-12+. The van der Waals surface area contributed by atoms with E-state index >= 15 is 0 Å². The van der Waals surface area contributed by atoms with Gasteiger partial charge in [0.15, 0.2) is 0 Å². The molecule has 0 aliphatic rings. The first-order chi connectivity index (χ1) is 12.2. The van der Waals surface area contributed by atoms with E-state index in [2.05, 4.69) is 36.7 Å². The molecule has 0 spiro atoms. The molecule has 124 valence electrons. The van der Waals surface area contributed by atoms with Gasteiger partial charge in [-0.1, -0.05) is 48.5 Å². The normalized spacial score (nSPS) is 11.6. The predicted octanol–water partition coefficient (Wildman–Crippen LogP) is 3.89. The molecular weight excluding hydrogens is 384 g/mol. The van der Waals surface area contributed by atoms with E-state index in [1.165, 1.54) is 6.21 Å². The molecule has 7 heteroatoms. The Morgan fingerprint density at radius 3 is 2.44 bits per heavy atom. The second-order valence-electron chi connectivity index (χ2n) is 4.92. The van der Waals surface area contributed by atoms with Crippen LogP contribution in [0.15, 0.2) is 74.7 Å². The van der Waals surface area contributed by atoms with Crippen LogP contribution in [0.3, 0.4) is 0 Å². The smallest absolute Gasteiger partial charge is 0.328 e. The molecule has 1 N–H and O–H groups in total. The molecular formula is C18H13BrN4O2. The summed E-state index contributed by atoms with van der Waals surface area (Å²) in [4.78, 5) is 12.0. The SMILES string of the molecule is O=C(N/N=C/C(Br)=C\c1ccccc1)c1nnc(-c2ccccc2)o1. The highest BCUT2D eigenvalue weighted by atomic mass is 79.9. The van der Waals surface area contributed by atoms with E-state index in [0.717, 1.165) is 11.1 Å². The molecule has 1 heterocycles. The maximum atomic E-state index is 12.0. The molecule has 0 unspecified atom stereocenters. The van der Waals surface area contributed by atoms with Gasteiger partial charge in [-0.2, -0.15) is 5.10 Å². The molecule has 3 rings (SSSR count). The van der Waals surface area contributed by atoms with Crippen molar-refractivity contribution in [2.45, 2.75) is 0 Å². The van der Waals surface area contributed by atoms with Crippen LogP contribution in [0.2, 0.25) is 0 Å². The van der Waals surface area contributed by atoms with E-state index in [0.29, 0.717) is 4.48 Å². The molecule has 0 saturated heterocycles. The van der Waals surface area contributed by atoms with Crippen molar-refractivity contribution in [1.82, 2.24) is 15.6 Å². The Kier molecular flexibility index (Phi) is 5.48. The summed E-state index contributed by atoms with van der Waals surface area (Å²) in [7, 11) is 0. The van der Waals surface area contributed by atoms with Crippen LogP contribution in [-0.4, -0.2) is 22.3 Å². The van der Waals surface area contributed by atoms with Crippen molar-refractivity contribution >= 4 is 34.1 Å². The third-order valence-electron chi connectivity index (χ3n) is 3.10. The molecule has 2 aromatic carbocycles. The zero-order valence-corrected chi connectivity index (χ0v) is 14.6. The van der Waals surface area contributed by atoms with Crippen molar-refractivity contribution in [2.24, 2.45) is 5.10 Å². The predicted molar refractivity (Wildman–Crippen MR) is 99.0 cm³/mol. The highest BCUT2D eigenvalue weighted by molar-refractivity contribution is 9.12. The van der Waals surface area contributed by atoms with Crippen molar-refractivity contribution in [3.05, 3.63) is 76.6 Å². The minimum absolute atomic E-state index is 0.154.